The zero-order valence-corrected chi connectivity index (χ0v) is 8.07. The molecule has 0 radical (unpaired) electrons. The van der Waals surface area contributed by atoms with Gasteiger partial charge in [-0.2, -0.15) is 0 Å². The van der Waals surface area contributed by atoms with Crippen LogP contribution in [0.3, 0.4) is 0 Å². The van der Waals surface area contributed by atoms with Crippen molar-refractivity contribution in [1.29, 1.82) is 0 Å². The lowest BCUT2D eigenvalue weighted by Gasteiger charge is -2.02. The molecule has 0 saturated heterocycles. The second-order valence-electron chi connectivity index (χ2n) is 3.69. The summed E-state index contributed by atoms with van der Waals surface area (Å²) < 4.78 is 1.59. The van der Waals surface area contributed by atoms with Gasteiger partial charge in [-0.15, -0.1) is 0 Å². The standard InChI is InChI=1S/C10H15N3O/c11-5-3-8-4-6-13(7-8)10(14)12-9-1-2-9/h4,6-7,9H,1-3,5,11H2,(H,12,14). The number of hydrogen-bond acceptors (Lipinski definition) is 2. The predicted octanol–water partition coefficient (Wildman–Crippen LogP) is 0.709. The summed E-state index contributed by atoms with van der Waals surface area (Å²) in [7, 11) is 0. The van der Waals surface area contributed by atoms with Crippen LogP contribution in [0.5, 0.6) is 0 Å². The van der Waals surface area contributed by atoms with Crippen LogP contribution in [0.25, 0.3) is 0 Å². The van der Waals surface area contributed by atoms with Gasteiger partial charge in [0, 0.05) is 18.4 Å². The number of aromatic nitrogens is 1. The summed E-state index contributed by atoms with van der Waals surface area (Å²) in [6, 6.07) is 2.30. The summed E-state index contributed by atoms with van der Waals surface area (Å²) in [6.07, 6.45) is 6.67. The van der Waals surface area contributed by atoms with E-state index in [0.717, 1.165) is 24.8 Å². The molecule has 4 nitrogen and oxygen atoms in total. The Balaban J connectivity index is 1.96. The van der Waals surface area contributed by atoms with E-state index in [1.807, 2.05) is 12.3 Å². The molecular weight excluding hydrogens is 178 g/mol. The molecule has 0 unspecified atom stereocenters. The number of nitrogens with one attached hydrogen (secondary N) is 1. The van der Waals surface area contributed by atoms with E-state index in [1.165, 1.54) is 0 Å². The molecule has 1 saturated carbocycles. The van der Waals surface area contributed by atoms with Crippen molar-refractivity contribution >= 4 is 6.03 Å². The molecule has 1 amide bonds. The van der Waals surface area contributed by atoms with Gasteiger partial charge in [0.25, 0.3) is 0 Å². The zero-order valence-electron chi connectivity index (χ0n) is 8.07. The fraction of sp³-hybridized carbons (Fsp3) is 0.500. The minimum Gasteiger partial charge on any atom is -0.335 e. The Kier molecular flexibility index (Phi) is 2.54. The number of nitrogens with two attached hydrogens (primary N) is 1. The summed E-state index contributed by atoms with van der Waals surface area (Å²) in [5, 5.41) is 2.92. The van der Waals surface area contributed by atoms with Crippen molar-refractivity contribution in [3.8, 4) is 0 Å². The van der Waals surface area contributed by atoms with Crippen LogP contribution >= 0.6 is 0 Å². The van der Waals surface area contributed by atoms with Crippen LogP contribution < -0.4 is 11.1 Å². The van der Waals surface area contributed by atoms with Gasteiger partial charge in [-0.05, 0) is 37.4 Å². The van der Waals surface area contributed by atoms with Crippen LogP contribution in [-0.2, 0) is 6.42 Å². The Hall–Kier alpha value is -1.29. The van der Waals surface area contributed by atoms with Crippen molar-refractivity contribution in [2.45, 2.75) is 25.3 Å². The first-order valence-corrected chi connectivity index (χ1v) is 4.97. The minimum atomic E-state index is -0.0317. The largest absolute Gasteiger partial charge is 0.335 e. The lowest BCUT2D eigenvalue weighted by molar-refractivity contribution is 0.242. The van der Waals surface area contributed by atoms with Crippen LogP contribution in [-0.4, -0.2) is 23.2 Å². The summed E-state index contributed by atoms with van der Waals surface area (Å²) in [5.74, 6) is 0. The van der Waals surface area contributed by atoms with Gasteiger partial charge in [0.15, 0.2) is 0 Å². The molecule has 4 heteroatoms. The van der Waals surface area contributed by atoms with E-state index in [1.54, 1.807) is 10.8 Å². The maximum Gasteiger partial charge on any atom is 0.325 e. The third kappa shape index (κ3) is 2.14. The van der Waals surface area contributed by atoms with E-state index in [9.17, 15) is 4.79 Å². The summed E-state index contributed by atoms with van der Waals surface area (Å²) in [6.45, 7) is 0.619. The van der Waals surface area contributed by atoms with E-state index >= 15 is 0 Å². The van der Waals surface area contributed by atoms with Gasteiger partial charge in [0.05, 0.1) is 0 Å². The van der Waals surface area contributed by atoms with Crippen molar-refractivity contribution in [3.63, 3.8) is 0 Å². The Bertz CT molecular complexity index is 328. The highest BCUT2D eigenvalue weighted by atomic mass is 16.2. The maximum absolute atomic E-state index is 11.5. The average Bonchev–Trinajstić information content (AvgIpc) is 2.83. The van der Waals surface area contributed by atoms with Crippen LogP contribution in [0.15, 0.2) is 18.5 Å². The van der Waals surface area contributed by atoms with Crippen LogP contribution in [0.4, 0.5) is 4.79 Å². The summed E-state index contributed by atoms with van der Waals surface area (Å²) in [5.41, 5.74) is 6.54. The van der Waals surface area contributed by atoms with Gasteiger partial charge in [0.2, 0.25) is 0 Å². The van der Waals surface area contributed by atoms with Gasteiger partial charge >= 0.3 is 6.03 Å². The van der Waals surface area contributed by atoms with Gasteiger partial charge in [-0.25, -0.2) is 4.79 Å². The van der Waals surface area contributed by atoms with Gasteiger partial charge < -0.3 is 11.1 Å². The molecule has 1 aromatic rings. The minimum absolute atomic E-state index is 0.0317. The predicted molar refractivity (Wildman–Crippen MR) is 54.1 cm³/mol. The number of nitrogens with zero attached hydrogens (tertiary/aromatic N) is 1. The Morgan fingerprint density at radius 1 is 1.64 bits per heavy atom. The SMILES string of the molecule is NCCc1ccn(C(=O)NC2CC2)c1. The van der Waals surface area contributed by atoms with E-state index in [4.69, 9.17) is 5.73 Å². The van der Waals surface area contributed by atoms with E-state index in [2.05, 4.69) is 5.32 Å². The number of amides is 1. The topological polar surface area (TPSA) is 60.0 Å². The van der Waals surface area contributed by atoms with Gasteiger partial charge in [-0.3, -0.25) is 4.57 Å². The van der Waals surface area contributed by atoms with Gasteiger partial charge in [0.1, 0.15) is 0 Å². The first-order valence-electron chi connectivity index (χ1n) is 4.97. The molecule has 0 aromatic carbocycles. The Labute approximate surface area is 83.1 Å². The normalized spacial score (nSPS) is 15.5. The third-order valence-corrected chi connectivity index (χ3v) is 2.33. The third-order valence-electron chi connectivity index (χ3n) is 2.33. The van der Waals surface area contributed by atoms with Gasteiger partial charge in [-0.1, -0.05) is 0 Å². The number of carbonyl (C=O) groups is 1. The monoisotopic (exact) mass is 193 g/mol. The van der Waals surface area contributed by atoms with Crippen LogP contribution in [0, 0.1) is 0 Å². The quantitative estimate of drug-likeness (QED) is 0.742. The molecule has 1 aliphatic carbocycles. The zero-order chi connectivity index (χ0) is 9.97. The van der Waals surface area contributed by atoms with Crippen LogP contribution in [0.1, 0.15) is 18.4 Å². The molecule has 76 valence electrons. The lowest BCUT2D eigenvalue weighted by atomic mass is 10.2. The highest BCUT2D eigenvalue weighted by molar-refractivity contribution is 5.77. The summed E-state index contributed by atoms with van der Waals surface area (Å²) in [4.78, 5) is 11.5. The van der Waals surface area contributed by atoms with Crippen molar-refractivity contribution < 1.29 is 4.79 Å². The molecule has 0 spiro atoms. The molecule has 0 atom stereocenters. The molecule has 1 aliphatic rings. The molecule has 2 rings (SSSR count). The maximum atomic E-state index is 11.5. The Morgan fingerprint density at radius 2 is 2.43 bits per heavy atom. The molecule has 14 heavy (non-hydrogen) atoms. The Morgan fingerprint density at radius 3 is 3.07 bits per heavy atom. The van der Waals surface area contributed by atoms with E-state index < -0.39 is 0 Å². The second kappa shape index (κ2) is 3.84. The first-order chi connectivity index (χ1) is 6.79. The fourth-order valence-electron chi connectivity index (χ4n) is 1.36. The van der Waals surface area contributed by atoms with E-state index in [-0.39, 0.29) is 6.03 Å². The lowest BCUT2D eigenvalue weighted by Crippen LogP contribution is -2.29. The second-order valence-corrected chi connectivity index (χ2v) is 3.69. The van der Waals surface area contributed by atoms with Crippen molar-refractivity contribution in [2.24, 2.45) is 5.73 Å². The average molecular weight is 193 g/mol. The van der Waals surface area contributed by atoms with Crippen molar-refractivity contribution in [1.82, 2.24) is 9.88 Å². The number of hydrogen-bond donors (Lipinski definition) is 2. The fourth-order valence-corrected chi connectivity index (χ4v) is 1.36. The molecule has 1 aromatic heterocycles. The molecule has 0 bridgehead atoms. The number of carbonyl (C=O) groups excluding carboxylic acids is 1. The van der Waals surface area contributed by atoms with Crippen molar-refractivity contribution in [3.05, 3.63) is 24.0 Å². The highest BCUT2D eigenvalue weighted by Crippen LogP contribution is 2.18. The molecule has 0 aliphatic heterocycles. The van der Waals surface area contributed by atoms with E-state index in [0.29, 0.717) is 12.6 Å². The molecule has 1 fully saturated rings. The van der Waals surface area contributed by atoms with Crippen molar-refractivity contribution in [2.75, 3.05) is 6.54 Å². The molecular formula is C10H15N3O. The summed E-state index contributed by atoms with van der Waals surface area (Å²) >= 11 is 0. The molecule has 3 N–H and O–H groups in total. The first kappa shape index (κ1) is 9.27. The highest BCUT2D eigenvalue weighted by Gasteiger charge is 2.23. The molecule has 1 heterocycles. The number of rotatable bonds is 3. The smallest absolute Gasteiger partial charge is 0.325 e. The van der Waals surface area contributed by atoms with Crippen LogP contribution in [0.2, 0.25) is 0 Å².